The molecule has 0 aliphatic carbocycles. The zero-order chi connectivity index (χ0) is 14.8. The van der Waals surface area contributed by atoms with Crippen LogP contribution in [0.25, 0.3) is 0 Å². The van der Waals surface area contributed by atoms with Gasteiger partial charge in [0.15, 0.2) is 0 Å². The van der Waals surface area contributed by atoms with E-state index in [-0.39, 0.29) is 24.2 Å². The van der Waals surface area contributed by atoms with E-state index >= 15 is 0 Å². The Morgan fingerprint density at radius 3 is 2.57 bits per heavy atom. The average Bonchev–Trinajstić information content (AvgIpc) is 2.96. The molecule has 1 heterocycles. The lowest BCUT2D eigenvalue weighted by Gasteiger charge is -2.28. The minimum atomic E-state index is 0. The number of nitrogens with one attached hydrogen (secondary N) is 2. The van der Waals surface area contributed by atoms with Crippen molar-refractivity contribution in [2.24, 2.45) is 0 Å². The van der Waals surface area contributed by atoms with Gasteiger partial charge in [-0.1, -0.05) is 13.8 Å². The predicted octanol–water partition coefficient (Wildman–Crippen LogP) is 1.71. The van der Waals surface area contributed by atoms with Crippen molar-refractivity contribution in [1.29, 1.82) is 0 Å². The highest BCUT2D eigenvalue weighted by Gasteiger charge is 2.25. The third-order valence-corrected chi connectivity index (χ3v) is 3.63. The zero-order valence-corrected chi connectivity index (χ0v) is 14.1. The summed E-state index contributed by atoms with van der Waals surface area (Å²) in [5.74, 6) is 0.257. The second-order valence-corrected chi connectivity index (χ2v) is 5.44. The molecule has 0 radical (unpaired) electrons. The number of carbonyl (C=O) groups excluding carboxylic acids is 2. The van der Waals surface area contributed by atoms with E-state index in [1.807, 2.05) is 11.8 Å². The molecule has 1 unspecified atom stereocenters. The SMILES string of the molecule is CCCNC(=O)CCCC(=O)N(CCC)C1CCNC1.Cl. The van der Waals surface area contributed by atoms with Crippen LogP contribution in [0.2, 0.25) is 0 Å². The van der Waals surface area contributed by atoms with Gasteiger partial charge in [-0.2, -0.15) is 0 Å². The number of amides is 2. The van der Waals surface area contributed by atoms with Crippen molar-refractivity contribution >= 4 is 24.2 Å². The standard InChI is InChI=1S/C15H29N3O2.ClH/c1-3-9-17-14(19)6-5-7-15(20)18(11-4-2)13-8-10-16-12-13;/h13,16H,3-12H2,1-2H3,(H,17,19);1H. The van der Waals surface area contributed by atoms with Crippen molar-refractivity contribution in [1.82, 2.24) is 15.5 Å². The second kappa shape index (κ2) is 11.8. The van der Waals surface area contributed by atoms with Crippen molar-refractivity contribution in [2.45, 2.75) is 58.4 Å². The lowest BCUT2D eigenvalue weighted by atomic mass is 10.1. The smallest absolute Gasteiger partial charge is 0.222 e. The molecule has 1 aliphatic heterocycles. The fraction of sp³-hybridized carbons (Fsp3) is 0.867. The van der Waals surface area contributed by atoms with Crippen molar-refractivity contribution in [3.05, 3.63) is 0 Å². The van der Waals surface area contributed by atoms with Gasteiger partial charge in [-0.25, -0.2) is 0 Å². The Hall–Kier alpha value is -0.810. The number of hydrogen-bond acceptors (Lipinski definition) is 3. The first-order valence-corrected chi connectivity index (χ1v) is 7.95. The Morgan fingerprint density at radius 1 is 1.24 bits per heavy atom. The first-order chi connectivity index (χ1) is 9.69. The van der Waals surface area contributed by atoms with Gasteiger partial charge in [0.1, 0.15) is 0 Å². The average molecular weight is 320 g/mol. The van der Waals surface area contributed by atoms with E-state index in [0.717, 1.165) is 45.4 Å². The molecule has 124 valence electrons. The summed E-state index contributed by atoms with van der Waals surface area (Å²) in [7, 11) is 0. The Balaban J connectivity index is 0.00000400. The molecule has 1 aliphatic rings. The van der Waals surface area contributed by atoms with Gasteiger partial charge in [0.25, 0.3) is 0 Å². The number of rotatable bonds is 9. The maximum atomic E-state index is 12.3. The van der Waals surface area contributed by atoms with Crippen molar-refractivity contribution in [2.75, 3.05) is 26.2 Å². The Labute approximate surface area is 134 Å². The largest absolute Gasteiger partial charge is 0.356 e. The van der Waals surface area contributed by atoms with Gasteiger partial charge in [0.2, 0.25) is 11.8 Å². The van der Waals surface area contributed by atoms with E-state index in [9.17, 15) is 9.59 Å². The quantitative estimate of drug-likeness (QED) is 0.680. The molecule has 6 heteroatoms. The second-order valence-electron chi connectivity index (χ2n) is 5.44. The molecular formula is C15H30ClN3O2. The molecule has 1 fully saturated rings. The summed E-state index contributed by atoms with van der Waals surface area (Å²) in [5.41, 5.74) is 0. The maximum Gasteiger partial charge on any atom is 0.222 e. The summed E-state index contributed by atoms with van der Waals surface area (Å²) in [6, 6.07) is 0.344. The lowest BCUT2D eigenvalue weighted by Crippen LogP contribution is -2.42. The van der Waals surface area contributed by atoms with Gasteiger partial charge < -0.3 is 15.5 Å². The third kappa shape index (κ3) is 7.67. The molecule has 5 nitrogen and oxygen atoms in total. The highest BCUT2D eigenvalue weighted by atomic mass is 35.5. The molecule has 0 saturated carbocycles. The molecule has 0 aromatic heterocycles. The van der Waals surface area contributed by atoms with E-state index < -0.39 is 0 Å². The first-order valence-electron chi connectivity index (χ1n) is 7.95. The summed E-state index contributed by atoms with van der Waals surface area (Å²) < 4.78 is 0. The van der Waals surface area contributed by atoms with E-state index in [2.05, 4.69) is 17.6 Å². The van der Waals surface area contributed by atoms with Gasteiger partial charge in [-0.05, 0) is 32.2 Å². The molecule has 0 aromatic rings. The van der Waals surface area contributed by atoms with Gasteiger partial charge in [0.05, 0.1) is 0 Å². The minimum Gasteiger partial charge on any atom is -0.356 e. The number of hydrogen-bond donors (Lipinski definition) is 2. The molecule has 1 atom stereocenters. The Morgan fingerprint density at radius 2 is 2.00 bits per heavy atom. The molecule has 0 aromatic carbocycles. The fourth-order valence-electron chi connectivity index (χ4n) is 2.55. The number of carbonyl (C=O) groups is 2. The van der Waals surface area contributed by atoms with Crippen molar-refractivity contribution in [3.63, 3.8) is 0 Å². The number of nitrogens with zero attached hydrogens (tertiary/aromatic N) is 1. The van der Waals surface area contributed by atoms with Gasteiger partial charge in [-0.3, -0.25) is 9.59 Å². The molecule has 0 bridgehead atoms. The molecule has 21 heavy (non-hydrogen) atoms. The Kier molecular flexibility index (Phi) is 11.4. The van der Waals surface area contributed by atoms with E-state index in [1.54, 1.807) is 0 Å². The van der Waals surface area contributed by atoms with Crippen LogP contribution < -0.4 is 10.6 Å². The highest BCUT2D eigenvalue weighted by molar-refractivity contribution is 5.85. The molecule has 1 rings (SSSR count). The normalized spacial score (nSPS) is 17.1. The van der Waals surface area contributed by atoms with Crippen molar-refractivity contribution in [3.8, 4) is 0 Å². The maximum absolute atomic E-state index is 12.3. The van der Waals surface area contributed by atoms with E-state index in [4.69, 9.17) is 0 Å². The lowest BCUT2D eigenvalue weighted by molar-refractivity contribution is -0.133. The summed E-state index contributed by atoms with van der Waals surface area (Å²) in [5, 5.41) is 6.15. The van der Waals surface area contributed by atoms with Gasteiger partial charge in [-0.15, -0.1) is 12.4 Å². The summed E-state index contributed by atoms with van der Waals surface area (Å²) in [6.07, 6.45) is 4.56. The zero-order valence-electron chi connectivity index (χ0n) is 13.3. The minimum absolute atomic E-state index is 0. The van der Waals surface area contributed by atoms with Crippen LogP contribution in [0.3, 0.4) is 0 Å². The third-order valence-electron chi connectivity index (χ3n) is 3.63. The predicted molar refractivity (Wildman–Crippen MR) is 87.7 cm³/mol. The van der Waals surface area contributed by atoms with E-state index in [1.165, 1.54) is 0 Å². The molecule has 2 amide bonds. The van der Waals surface area contributed by atoms with Crippen LogP contribution in [0.5, 0.6) is 0 Å². The van der Waals surface area contributed by atoms with E-state index in [0.29, 0.717) is 25.3 Å². The molecular weight excluding hydrogens is 290 g/mol. The molecule has 2 N–H and O–H groups in total. The topological polar surface area (TPSA) is 61.4 Å². The molecule has 0 spiro atoms. The van der Waals surface area contributed by atoms with Gasteiger partial charge in [0, 0.05) is 38.5 Å². The van der Waals surface area contributed by atoms with Gasteiger partial charge >= 0.3 is 0 Å². The summed E-state index contributed by atoms with van der Waals surface area (Å²) in [4.78, 5) is 25.8. The number of halogens is 1. The van der Waals surface area contributed by atoms with Crippen LogP contribution in [0.4, 0.5) is 0 Å². The van der Waals surface area contributed by atoms with Crippen LogP contribution in [-0.4, -0.2) is 48.9 Å². The van der Waals surface area contributed by atoms with Crippen LogP contribution in [0.1, 0.15) is 52.4 Å². The van der Waals surface area contributed by atoms with Crippen LogP contribution in [0.15, 0.2) is 0 Å². The Bertz CT molecular complexity index is 307. The van der Waals surface area contributed by atoms with Crippen LogP contribution in [-0.2, 0) is 9.59 Å². The fourth-order valence-corrected chi connectivity index (χ4v) is 2.55. The summed E-state index contributed by atoms with van der Waals surface area (Å²) >= 11 is 0. The van der Waals surface area contributed by atoms with Crippen LogP contribution in [0, 0.1) is 0 Å². The highest BCUT2D eigenvalue weighted by Crippen LogP contribution is 2.12. The summed E-state index contributed by atoms with van der Waals surface area (Å²) in [6.45, 7) is 7.58. The first kappa shape index (κ1) is 20.2. The van der Waals surface area contributed by atoms with Crippen molar-refractivity contribution < 1.29 is 9.59 Å². The monoisotopic (exact) mass is 319 g/mol. The van der Waals surface area contributed by atoms with Crippen LogP contribution >= 0.6 is 12.4 Å². The molecule has 1 saturated heterocycles.